The molecule has 130 valence electrons. The molecule has 24 heavy (non-hydrogen) atoms. The van der Waals surface area contributed by atoms with Crippen LogP contribution in [0.1, 0.15) is 12.0 Å². The molecule has 7 heteroatoms. The number of piperazine rings is 1. The first-order valence-electron chi connectivity index (χ1n) is 8.22. The molecule has 2 amide bonds. The minimum absolute atomic E-state index is 0.112. The maximum atomic E-state index is 12.7. The summed E-state index contributed by atoms with van der Waals surface area (Å²) in [4.78, 5) is 29.1. The van der Waals surface area contributed by atoms with Crippen LogP contribution in [0.4, 0.5) is 4.79 Å². The smallest absolute Gasteiger partial charge is 0.407 e. The standard InChI is InChI=1S/C17H23N3O4/c1-24-14-4-2-13(3-5-14)12-20-7-6-15(16(20)21)18-8-10-19(11-9-18)17(22)23/h2-5,15H,6-12H2,1H3,(H,22,23). The highest BCUT2D eigenvalue weighted by atomic mass is 16.5. The van der Waals surface area contributed by atoms with Crippen molar-refractivity contribution in [2.45, 2.75) is 19.0 Å². The van der Waals surface area contributed by atoms with Gasteiger partial charge in [-0.25, -0.2) is 4.79 Å². The third-order valence-corrected chi connectivity index (χ3v) is 4.83. The van der Waals surface area contributed by atoms with E-state index >= 15 is 0 Å². The molecule has 2 heterocycles. The lowest BCUT2D eigenvalue weighted by Gasteiger charge is -2.35. The number of ether oxygens (including phenoxy) is 1. The number of amides is 2. The predicted octanol–water partition coefficient (Wildman–Crippen LogP) is 1.09. The van der Waals surface area contributed by atoms with Crippen molar-refractivity contribution in [2.24, 2.45) is 0 Å². The van der Waals surface area contributed by atoms with E-state index in [9.17, 15) is 9.59 Å². The molecule has 1 unspecified atom stereocenters. The summed E-state index contributed by atoms with van der Waals surface area (Å²) < 4.78 is 5.15. The fourth-order valence-corrected chi connectivity index (χ4v) is 3.39. The number of hydrogen-bond donors (Lipinski definition) is 1. The van der Waals surface area contributed by atoms with Crippen molar-refractivity contribution in [1.29, 1.82) is 0 Å². The molecule has 1 aromatic rings. The van der Waals surface area contributed by atoms with Gasteiger partial charge in [0, 0.05) is 39.3 Å². The third kappa shape index (κ3) is 3.46. The highest BCUT2D eigenvalue weighted by Crippen LogP contribution is 2.22. The van der Waals surface area contributed by atoms with Gasteiger partial charge in [0.15, 0.2) is 0 Å². The predicted molar refractivity (Wildman–Crippen MR) is 88.0 cm³/mol. The second-order valence-electron chi connectivity index (χ2n) is 6.22. The van der Waals surface area contributed by atoms with Gasteiger partial charge in [-0.2, -0.15) is 0 Å². The Morgan fingerprint density at radius 1 is 1.17 bits per heavy atom. The van der Waals surface area contributed by atoms with Crippen molar-refractivity contribution in [1.82, 2.24) is 14.7 Å². The van der Waals surface area contributed by atoms with Crippen LogP contribution in [0.2, 0.25) is 0 Å². The normalized spacial score (nSPS) is 22.0. The Bertz CT molecular complexity index is 596. The van der Waals surface area contributed by atoms with Gasteiger partial charge in [-0.15, -0.1) is 0 Å². The van der Waals surface area contributed by atoms with Crippen LogP contribution in [-0.2, 0) is 11.3 Å². The molecule has 2 saturated heterocycles. The van der Waals surface area contributed by atoms with Gasteiger partial charge in [0.1, 0.15) is 5.75 Å². The molecule has 1 N–H and O–H groups in total. The fourth-order valence-electron chi connectivity index (χ4n) is 3.39. The molecule has 2 fully saturated rings. The molecule has 0 aromatic heterocycles. The zero-order valence-electron chi connectivity index (χ0n) is 13.9. The summed E-state index contributed by atoms with van der Waals surface area (Å²) in [5, 5.41) is 9.01. The van der Waals surface area contributed by atoms with Crippen LogP contribution in [-0.4, -0.2) is 77.7 Å². The molecule has 7 nitrogen and oxygen atoms in total. The first-order valence-corrected chi connectivity index (χ1v) is 8.22. The number of carboxylic acid groups (broad SMARTS) is 1. The Hall–Kier alpha value is -2.28. The highest BCUT2D eigenvalue weighted by molar-refractivity contribution is 5.84. The van der Waals surface area contributed by atoms with E-state index in [1.165, 1.54) is 4.90 Å². The summed E-state index contributed by atoms with van der Waals surface area (Å²) in [6.45, 7) is 3.54. The number of methoxy groups -OCH3 is 1. The molecule has 0 spiro atoms. The highest BCUT2D eigenvalue weighted by Gasteiger charge is 2.37. The average Bonchev–Trinajstić information content (AvgIpc) is 2.96. The first kappa shape index (κ1) is 16.6. The number of rotatable bonds is 4. The summed E-state index contributed by atoms with van der Waals surface area (Å²) in [6, 6.07) is 7.65. The van der Waals surface area contributed by atoms with Crippen LogP contribution >= 0.6 is 0 Å². The van der Waals surface area contributed by atoms with Gasteiger partial charge in [0.2, 0.25) is 5.91 Å². The molecule has 0 bridgehead atoms. The number of nitrogens with zero attached hydrogens (tertiary/aromatic N) is 3. The molecule has 0 radical (unpaired) electrons. The molecule has 2 aliphatic rings. The second kappa shape index (κ2) is 7.09. The van der Waals surface area contributed by atoms with E-state index in [1.54, 1.807) is 7.11 Å². The topological polar surface area (TPSA) is 73.3 Å². The molecule has 2 aliphatic heterocycles. The van der Waals surface area contributed by atoms with Crippen molar-refractivity contribution in [2.75, 3.05) is 39.8 Å². The van der Waals surface area contributed by atoms with E-state index < -0.39 is 6.09 Å². The van der Waals surface area contributed by atoms with E-state index in [-0.39, 0.29) is 11.9 Å². The summed E-state index contributed by atoms with van der Waals surface area (Å²) in [7, 11) is 1.63. The number of carbonyl (C=O) groups excluding carboxylic acids is 1. The van der Waals surface area contributed by atoms with Crippen LogP contribution in [0.3, 0.4) is 0 Å². The van der Waals surface area contributed by atoms with Gasteiger partial charge < -0.3 is 19.6 Å². The number of hydrogen-bond acceptors (Lipinski definition) is 4. The Morgan fingerprint density at radius 3 is 2.42 bits per heavy atom. The zero-order chi connectivity index (χ0) is 17.1. The van der Waals surface area contributed by atoms with Gasteiger partial charge >= 0.3 is 6.09 Å². The molecule has 3 rings (SSSR count). The molecule has 1 aromatic carbocycles. The minimum Gasteiger partial charge on any atom is -0.497 e. The Labute approximate surface area is 141 Å². The largest absolute Gasteiger partial charge is 0.497 e. The lowest BCUT2D eigenvalue weighted by molar-refractivity contribution is -0.133. The van der Waals surface area contributed by atoms with Gasteiger partial charge in [0.25, 0.3) is 0 Å². The first-order chi connectivity index (χ1) is 11.6. The monoisotopic (exact) mass is 333 g/mol. The van der Waals surface area contributed by atoms with Crippen molar-refractivity contribution in [3.05, 3.63) is 29.8 Å². The number of likely N-dealkylation sites (tertiary alicyclic amines) is 1. The summed E-state index contributed by atoms with van der Waals surface area (Å²) in [5.74, 6) is 0.954. The van der Waals surface area contributed by atoms with Gasteiger partial charge in [-0.1, -0.05) is 12.1 Å². The van der Waals surface area contributed by atoms with E-state index in [0.29, 0.717) is 32.7 Å². The quantitative estimate of drug-likeness (QED) is 0.893. The van der Waals surface area contributed by atoms with Gasteiger partial charge in [-0.3, -0.25) is 9.69 Å². The van der Waals surface area contributed by atoms with Crippen molar-refractivity contribution < 1.29 is 19.4 Å². The Balaban J connectivity index is 1.56. The lowest BCUT2D eigenvalue weighted by Crippen LogP contribution is -2.53. The van der Waals surface area contributed by atoms with E-state index in [1.807, 2.05) is 29.2 Å². The van der Waals surface area contributed by atoms with Gasteiger partial charge in [-0.05, 0) is 24.1 Å². The molecule has 1 atom stereocenters. The Kier molecular flexibility index (Phi) is 4.89. The van der Waals surface area contributed by atoms with Gasteiger partial charge in [0.05, 0.1) is 13.2 Å². The number of benzene rings is 1. The summed E-state index contributed by atoms with van der Waals surface area (Å²) in [6.07, 6.45) is -0.0734. The SMILES string of the molecule is COc1ccc(CN2CCC(N3CCN(C(=O)O)CC3)C2=O)cc1. The molecule has 0 saturated carbocycles. The van der Waals surface area contributed by atoms with Crippen LogP contribution in [0.5, 0.6) is 5.75 Å². The molecular weight excluding hydrogens is 310 g/mol. The summed E-state index contributed by atoms with van der Waals surface area (Å²) >= 11 is 0. The lowest BCUT2D eigenvalue weighted by atomic mass is 10.2. The molecular formula is C17H23N3O4. The average molecular weight is 333 g/mol. The van der Waals surface area contributed by atoms with Crippen LogP contribution in [0, 0.1) is 0 Å². The maximum absolute atomic E-state index is 12.7. The second-order valence-corrected chi connectivity index (χ2v) is 6.22. The minimum atomic E-state index is -0.881. The summed E-state index contributed by atoms with van der Waals surface area (Å²) in [5.41, 5.74) is 1.08. The third-order valence-electron chi connectivity index (χ3n) is 4.83. The van der Waals surface area contributed by atoms with E-state index in [0.717, 1.165) is 24.3 Å². The Morgan fingerprint density at radius 2 is 1.83 bits per heavy atom. The van der Waals surface area contributed by atoms with Crippen LogP contribution < -0.4 is 4.74 Å². The van der Waals surface area contributed by atoms with Crippen molar-refractivity contribution in [3.8, 4) is 5.75 Å². The fraction of sp³-hybridized carbons (Fsp3) is 0.529. The zero-order valence-corrected chi connectivity index (χ0v) is 13.9. The number of carbonyl (C=O) groups is 2. The van der Waals surface area contributed by atoms with Crippen LogP contribution in [0.25, 0.3) is 0 Å². The van der Waals surface area contributed by atoms with Crippen molar-refractivity contribution in [3.63, 3.8) is 0 Å². The van der Waals surface area contributed by atoms with Crippen molar-refractivity contribution >= 4 is 12.0 Å². The van der Waals surface area contributed by atoms with E-state index in [2.05, 4.69) is 4.90 Å². The maximum Gasteiger partial charge on any atom is 0.407 e. The van der Waals surface area contributed by atoms with Crippen LogP contribution in [0.15, 0.2) is 24.3 Å². The van der Waals surface area contributed by atoms with E-state index in [4.69, 9.17) is 9.84 Å². The molecule has 0 aliphatic carbocycles.